The highest BCUT2D eigenvalue weighted by Crippen LogP contribution is 2.40. The molecule has 39 heavy (non-hydrogen) atoms. The van der Waals surface area contributed by atoms with Gasteiger partial charge in [-0.1, -0.05) is 32.0 Å². The summed E-state index contributed by atoms with van der Waals surface area (Å²) in [7, 11) is 0. The molecular weight excluding hydrogens is 509 g/mol. The molecule has 0 saturated carbocycles. The minimum atomic E-state index is -4.50. The molecule has 0 radical (unpaired) electrons. The lowest BCUT2D eigenvalue weighted by molar-refractivity contribution is -0.140. The quantitative estimate of drug-likeness (QED) is 0.320. The van der Waals surface area contributed by atoms with Crippen LogP contribution in [-0.2, 0) is 21.1 Å². The molecule has 0 unspecified atom stereocenters. The average Bonchev–Trinajstić information content (AvgIpc) is 3.49. The van der Waals surface area contributed by atoms with Crippen LogP contribution in [0.2, 0.25) is 0 Å². The fraction of sp³-hybridized carbons (Fsp3) is 0.276. The number of amides is 1. The van der Waals surface area contributed by atoms with Crippen molar-refractivity contribution in [2.45, 2.75) is 45.4 Å². The molecule has 1 aliphatic rings. The van der Waals surface area contributed by atoms with Crippen LogP contribution in [0.15, 0.2) is 67.1 Å². The van der Waals surface area contributed by atoms with Crippen molar-refractivity contribution in [1.82, 2.24) is 19.7 Å². The van der Waals surface area contributed by atoms with Gasteiger partial charge in [-0.05, 0) is 49.7 Å². The van der Waals surface area contributed by atoms with E-state index in [0.717, 1.165) is 33.5 Å². The number of aromatic nitrogens is 3. The van der Waals surface area contributed by atoms with Crippen LogP contribution in [0.1, 0.15) is 54.9 Å². The summed E-state index contributed by atoms with van der Waals surface area (Å²) in [6.07, 6.45) is -1.70. The summed E-state index contributed by atoms with van der Waals surface area (Å²) >= 11 is 0. The molecule has 0 saturated heterocycles. The number of benzene rings is 2. The Hall–Kier alpha value is -4.34. The number of para-hydroxylation sites is 1. The lowest BCUT2D eigenvalue weighted by Gasteiger charge is -2.29. The highest BCUT2D eigenvalue weighted by molar-refractivity contribution is 6.18. The highest BCUT2D eigenvalue weighted by Gasteiger charge is 2.38. The summed E-state index contributed by atoms with van der Waals surface area (Å²) in [6, 6.07) is 13.9. The number of nitrogens with one attached hydrogen (secondary N) is 1. The van der Waals surface area contributed by atoms with E-state index in [0.29, 0.717) is 16.9 Å². The first-order valence-electron chi connectivity index (χ1n) is 12.4. The van der Waals surface area contributed by atoms with Crippen molar-refractivity contribution in [2.75, 3.05) is 6.54 Å². The predicted molar refractivity (Wildman–Crippen MR) is 140 cm³/mol. The van der Waals surface area contributed by atoms with Gasteiger partial charge in [-0.2, -0.15) is 18.3 Å². The largest absolute Gasteiger partial charge is 0.459 e. The van der Waals surface area contributed by atoms with E-state index in [1.807, 2.05) is 38.1 Å². The van der Waals surface area contributed by atoms with Gasteiger partial charge in [0.05, 0.1) is 34.8 Å². The van der Waals surface area contributed by atoms with Crippen molar-refractivity contribution in [1.29, 1.82) is 0 Å². The molecule has 2 aromatic heterocycles. The maximum atomic E-state index is 13.7. The van der Waals surface area contributed by atoms with Gasteiger partial charge < -0.3 is 14.6 Å². The summed E-state index contributed by atoms with van der Waals surface area (Å²) in [5.41, 5.74) is 1.90. The molecule has 4 aromatic rings. The van der Waals surface area contributed by atoms with Crippen LogP contribution in [-0.4, -0.2) is 44.2 Å². The SMILES string of the molecule is CC(C)OC(=O)C1=CN(C(=O)c2ccc(-n3cc(C(F)(F)F)cn3)cc2)CC(C)(C)c2c1[nH]c1ccccc21. The van der Waals surface area contributed by atoms with Gasteiger partial charge in [0.15, 0.2) is 0 Å². The third-order valence-corrected chi connectivity index (χ3v) is 6.61. The molecule has 3 heterocycles. The van der Waals surface area contributed by atoms with Gasteiger partial charge in [0.2, 0.25) is 0 Å². The zero-order valence-electron chi connectivity index (χ0n) is 21.8. The Morgan fingerprint density at radius 3 is 2.41 bits per heavy atom. The molecule has 0 atom stereocenters. The zero-order valence-corrected chi connectivity index (χ0v) is 21.8. The van der Waals surface area contributed by atoms with E-state index in [9.17, 15) is 22.8 Å². The molecule has 7 nitrogen and oxygen atoms in total. The van der Waals surface area contributed by atoms with Crippen LogP contribution in [0.4, 0.5) is 13.2 Å². The number of rotatable bonds is 4. The minimum absolute atomic E-state index is 0.238. The first kappa shape index (κ1) is 26.3. The Bertz CT molecular complexity index is 1590. The van der Waals surface area contributed by atoms with Crippen LogP contribution in [0, 0.1) is 0 Å². The molecule has 5 rings (SSSR count). The van der Waals surface area contributed by atoms with Crippen molar-refractivity contribution in [3.63, 3.8) is 0 Å². The van der Waals surface area contributed by atoms with Gasteiger partial charge in [0, 0.05) is 40.8 Å². The topological polar surface area (TPSA) is 80.2 Å². The van der Waals surface area contributed by atoms with E-state index in [2.05, 4.69) is 10.1 Å². The van der Waals surface area contributed by atoms with Crippen LogP contribution >= 0.6 is 0 Å². The fourth-order valence-electron chi connectivity index (χ4n) is 4.91. The van der Waals surface area contributed by atoms with Gasteiger partial charge in [-0.3, -0.25) is 4.79 Å². The number of hydrogen-bond acceptors (Lipinski definition) is 4. The smallest absolute Gasteiger partial charge is 0.419 e. The number of esters is 1. The van der Waals surface area contributed by atoms with Crippen molar-refractivity contribution in [2.24, 2.45) is 0 Å². The second-order valence-electron chi connectivity index (χ2n) is 10.5. The predicted octanol–water partition coefficient (Wildman–Crippen LogP) is 6.10. The van der Waals surface area contributed by atoms with Gasteiger partial charge in [-0.15, -0.1) is 0 Å². The van der Waals surface area contributed by atoms with E-state index in [1.54, 1.807) is 13.8 Å². The average molecular weight is 537 g/mol. The summed E-state index contributed by atoms with van der Waals surface area (Å²) in [5.74, 6) is -0.918. The molecule has 0 fully saturated rings. The Labute approximate surface area is 222 Å². The summed E-state index contributed by atoms with van der Waals surface area (Å²) in [4.78, 5) is 31.8. The minimum Gasteiger partial charge on any atom is -0.459 e. The standard InChI is InChI=1S/C29H27F3N4O3/c1-17(2)39-27(38)22-15-35(16-28(3,4)24-21-7-5-6-8-23(21)34-25(22)24)26(37)18-9-11-20(12-10-18)36-14-19(13-33-36)29(30,31)32/h5-15,17,34H,16H2,1-4H3. The fourth-order valence-corrected chi connectivity index (χ4v) is 4.91. The Kier molecular flexibility index (Phi) is 6.36. The van der Waals surface area contributed by atoms with Crippen molar-refractivity contribution < 1.29 is 27.5 Å². The number of carbonyl (C=O) groups is 2. The molecular formula is C29H27F3N4O3. The molecule has 1 amide bonds. The number of ether oxygens (including phenoxy) is 1. The molecule has 1 aliphatic heterocycles. The van der Waals surface area contributed by atoms with E-state index in [4.69, 9.17) is 4.74 Å². The molecule has 0 spiro atoms. The third-order valence-electron chi connectivity index (χ3n) is 6.61. The lowest BCUT2D eigenvalue weighted by atomic mass is 9.81. The molecule has 0 bridgehead atoms. The van der Waals surface area contributed by atoms with E-state index in [1.165, 1.54) is 35.4 Å². The van der Waals surface area contributed by atoms with E-state index in [-0.39, 0.29) is 24.1 Å². The highest BCUT2D eigenvalue weighted by atomic mass is 19.4. The summed E-state index contributed by atoms with van der Waals surface area (Å²) < 4.78 is 45.5. The molecule has 0 aliphatic carbocycles. The first-order chi connectivity index (χ1) is 18.3. The van der Waals surface area contributed by atoms with Gasteiger partial charge >= 0.3 is 12.1 Å². The number of aromatic amines is 1. The number of alkyl halides is 3. The number of carbonyl (C=O) groups excluding carboxylic acids is 2. The van der Waals surface area contributed by atoms with Gasteiger partial charge in [0.25, 0.3) is 5.91 Å². The third kappa shape index (κ3) is 4.94. The number of halogens is 3. The van der Waals surface area contributed by atoms with E-state index >= 15 is 0 Å². The number of nitrogens with zero attached hydrogens (tertiary/aromatic N) is 3. The lowest BCUT2D eigenvalue weighted by Crippen LogP contribution is -2.37. The van der Waals surface area contributed by atoms with Crippen molar-refractivity contribution in [3.05, 3.63) is 89.5 Å². The van der Waals surface area contributed by atoms with Crippen LogP contribution < -0.4 is 0 Å². The maximum absolute atomic E-state index is 13.7. The molecule has 202 valence electrons. The molecule has 1 N–H and O–H groups in total. The molecule has 10 heteroatoms. The summed E-state index contributed by atoms with van der Waals surface area (Å²) in [6.45, 7) is 7.81. The number of H-pyrrole nitrogens is 1. The summed E-state index contributed by atoms with van der Waals surface area (Å²) in [5, 5.41) is 4.74. The zero-order chi connectivity index (χ0) is 28.1. The maximum Gasteiger partial charge on any atom is 0.419 e. The van der Waals surface area contributed by atoms with Crippen molar-refractivity contribution >= 4 is 28.4 Å². The Balaban J connectivity index is 1.53. The van der Waals surface area contributed by atoms with Gasteiger partial charge in [-0.25, -0.2) is 9.48 Å². The van der Waals surface area contributed by atoms with E-state index < -0.39 is 23.1 Å². The second kappa shape index (κ2) is 9.44. The van der Waals surface area contributed by atoms with Crippen LogP contribution in [0.25, 0.3) is 22.2 Å². The Morgan fingerprint density at radius 1 is 1.08 bits per heavy atom. The monoisotopic (exact) mass is 536 g/mol. The molecule has 2 aromatic carbocycles. The normalized spacial score (nSPS) is 15.2. The van der Waals surface area contributed by atoms with Gasteiger partial charge in [0.1, 0.15) is 0 Å². The number of hydrogen-bond donors (Lipinski definition) is 1. The van der Waals surface area contributed by atoms with Crippen LogP contribution in [0.5, 0.6) is 0 Å². The second-order valence-corrected chi connectivity index (χ2v) is 10.5. The van der Waals surface area contributed by atoms with Crippen molar-refractivity contribution in [3.8, 4) is 5.69 Å². The van der Waals surface area contributed by atoms with Crippen LogP contribution in [0.3, 0.4) is 0 Å². The first-order valence-corrected chi connectivity index (χ1v) is 12.4. The Morgan fingerprint density at radius 2 is 1.77 bits per heavy atom. The number of fused-ring (bicyclic) bond motifs is 3.